The Balaban J connectivity index is 1.78. The zero-order valence-corrected chi connectivity index (χ0v) is 15.5. The molecule has 0 saturated carbocycles. The SMILES string of the molecule is COC1(C)CCN(C2=C(C#N)C(=O)Cc3ccc(-c4ncco4)cc32)CC1. The minimum absolute atomic E-state index is 0.121. The number of rotatable bonds is 3. The van der Waals surface area contributed by atoms with Gasteiger partial charge in [0.1, 0.15) is 17.9 Å². The Morgan fingerprint density at radius 3 is 2.74 bits per heavy atom. The number of allylic oxidation sites excluding steroid dienone is 1. The number of hydrogen-bond donors (Lipinski definition) is 0. The van der Waals surface area contributed by atoms with Gasteiger partial charge in [-0.3, -0.25) is 4.79 Å². The van der Waals surface area contributed by atoms with Crippen LogP contribution in [0.2, 0.25) is 0 Å². The molecule has 2 aliphatic rings. The Kier molecular flexibility index (Phi) is 4.33. The molecule has 1 aromatic heterocycles. The first kappa shape index (κ1) is 17.5. The number of Topliss-reactive ketones (excluding diaryl/α,β-unsaturated/α-hetero) is 1. The van der Waals surface area contributed by atoms with Gasteiger partial charge < -0.3 is 14.1 Å². The molecule has 0 bridgehead atoms. The molecule has 0 spiro atoms. The number of aromatic nitrogens is 1. The molecule has 6 nitrogen and oxygen atoms in total. The van der Waals surface area contributed by atoms with Gasteiger partial charge in [0.15, 0.2) is 5.78 Å². The summed E-state index contributed by atoms with van der Waals surface area (Å²) in [4.78, 5) is 18.9. The number of hydrogen-bond acceptors (Lipinski definition) is 6. The second-order valence-corrected chi connectivity index (χ2v) is 7.29. The average molecular weight is 363 g/mol. The third-order valence-corrected chi connectivity index (χ3v) is 5.65. The van der Waals surface area contributed by atoms with Gasteiger partial charge >= 0.3 is 0 Å². The minimum atomic E-state index is -0.161. The van der Waals surface area contributed by atoms with Crippen molar-refractivity contribution >= 4 is 11.5 Å². The largest absolute Gasteiger partial charge is 0.445 e. The molecule has 27 heavy (non-hydrogen) atoms. The lowest BCUT2D eigenvalue weighted by Crippen LogP contribution is -2.43. The average Bonchev–Trinajstić information content (AvgIpc) is 3.22. The van der Waals surface area contributed by atoms with Crippen LogP contribution in [0.1, 0.15) is 30.9 Å². The highest BCUT2D eigenvalue weighted by Crippen LogP contribution is 2.37. The van der Waals surface area contributed by atoms with Crippen LogP contribution in [-0.4, -0.2) is 41.5 Å². The van der Waals surface area contributed by atoms with E-state index in [0.29, 0.717) is 5.89 Å². The van der Waals surface area contributed by atoms with Crippen LogP contribution >= 0.6 is 0 Å². The van der Waals surface area contributed by atoms with E-state index < -0.39 is 0 Å². The number of carbonyl (C=O) groups excluding carboxylic acids is 1. The number of nitrogens with zero attached hydrogens (tertiary/aromatic N) is 3. The zero-order valence-electron chi connectivity index (χ0n) is 15.5. The summed E-state index contributed by atoms with van der Waals surface area (Å²) in [6.07, 6.45) is 5.07. The normalized spacial score (nSPS) is 19.0. The van der Waals surface area contributed by atoms with Crippen molar-refractivity contribution in [3.05, 3.63) is 47.4 Å². The maximum atomic E-state index is 12.6. The molecule has 1 aliphatic heterocycles. The van der Waals surface area contributed by atoms with Gasteiger partial charge in [0.05, 0.1) is 17.5 Å². The lowest BCUT2D eigenvalue weighted by Gasteiger charge is -2.41. The fourth-order valence-electron chi connectivity index (χ4n) is 3.83. The molecule has 0 atom stereocenters. The number of oxazole rings is 1. The fourth-order valence-corrected chi connectivity index (χ4v) is 3.83. The number of nitriles is 1. The van der Waals surface area contributed by atoms with Crippen molar-refractivity contribution in [2.24, 2.45) is 0 Å². The van der Waals surface area contributed by atoms with E-state index in [2.05, 4.69) is 22.9 Å². The number of fused-ring (bicyclic) bond motifs is 1. The molecule has 1 aliphatic carbocycles. The van der Waals surface area contributed by atoms with Crippen LogP contribution in [0.5, 0.6) is 0 Å². The van der Waals surface area contributed by atoms with Crippen LogP contribution in [0, 0.1) is 11.3 Å². The second-order valence-electron chi connectivity index (χ2n) is 7.29. The van der Waals surface area contributed by atoms with E-state index in [1.54, 1.807) is 13.3 Å². The molecule has 1 fully saturated rings. The molecular formula is C21H21N3O3. The van der Waals surface area contributed by atoms with Gasteiger partial charge in [0, 0.05) is 37.7 Å². The van der Waals surface area contributed by atoms with E-state index in [9.17, 15) is 10.1 Å². The predicted molar refractivity (Wildman–Crippen MR) is 99.4 cm³/mol. The van der Waals surface area contributed by atoms with Gasteiger partial charge in [0.25, 0.3) is 0 Å². The van der Waals surface area contributed by atoms with Gasteiger partial charge in [-0.1, -0.05) is 6.07 Å². The highest BCUT2D eigenvalue weighted by atomic mass is 16.5. The summed E-state index contributed by atoms with van der Waals surface area (Å²) >= 11 is 0. The first-order chi connectivity index (χ1) is 13.0. The van der Waals surface area contributed by atoms with Crippen LogP contribution in [0.15, 0.2) is 40.6 Å². The monoisotopic (exact) mass is 363 g/mol. The molecule has 6 heteroatoms. The van der Waals surface area contributed by atoms with E-state index in [1.165, 1.54) is 6.26 Å². The summed E-state index contributed by atoms with van der Waals surface area (Å²) in [6, 6.07) is 7.97. The molecule has 2 aromatic rings. The van der Waals surface area contributed by atoms with E-state index in [1.807, 2.05) is 18.2 Å². The third-order valence-electron chi connectivity index (χ3n) is 5.65. The van der Waals surface area contributed by atoms with Gasteiger partial charge in [0.2, 0.25) is 5.89 Å². The Morgan fingerprint density at radius 2 is 2.11 bits per heavy atom. The molecule has 1 saturated heterocycles. The third kappa shape index (κ3) is 3.04. The number of benzene rings is 1. The molecule has 1 aromatic carbocycles. The number of likely N-dealkylation sites (tertiary alicyclic amines) is 1. The number of ketones is 1. The predicted octanol–water partition coefficient (Wildman–Crippen LogP) is 3.20. The van der Waals surface area contributed by atoms with Crippen molar-refractivity contribution in [2.75, 3.05) is 20.2 Å². The highest BCUT2D eigenvalue weighted by Gasteiger charge is 2.35. The zero-order chi connectivity index (χ0) is 19.0. The number of carbonyl (C=O) groups is 1. The molecule has 2 heterocycles. The van der Waals surface area contributed by atoms with Crippen LogP contribution in [0.25, 0.3) is 17.2 Å². The summed E-state index contributed by atoms with van der Waals surface area (Å²) in [5.74, 6) is 0.405. The van der Waals surface area contributed by atoms with Gasteiger partial charge in [-0.15, -0.1) is 0 Å². The molecular weight excluding hydrogens is 342 g/mol. The van der Waals surface area contributed by atoms with Crippen LogP contribution in [-0.2, 0) is 16.0 Å². The second kappa shape index (κ2) is 6.67. The summed E-state index contributed by atoms with van der Waals surface area (Å²) in [5, 5.41) is 9.68. The maximum absolute atomic E-state index is 12.6. The van der Waals surface area contributed by atoms with Crippen LogP contribution < -0.4 is 0 Å². The Hall–Kier alpha value is -2.91. The molecule has 0 unspecified atom stereocenters. The quantitative estimate of drug-likeness (QED) is 0.833. The van der Waals surface area contributed by atoms with Crippen molar-refractivity contribution in [1.29, 1.82) is 5.26 Å². The smallest absolute Gasteiger partial charge is 0.225 e. The maximum Gasteiger partial charge on any atom is 0.225 e. The lowest BCUT2D eigenvalue weighted by molar-refractivity contribution is -0.114. The Morgan fingerprint density at radius 1 is 1.33 bits per heavy atom. The summed E-state index contributed by atoms with van der Waals surface area (Å²) in [6.45, 7) is 3.58. The molecule has 4 rings (SSSR count). The first-order valence-corrected chi connectivity index (χ1v) is 9.05. The summed E-state index contributed by atoms with van der Waals surface area (Å²) < 4.78 is 11.0. The molecule has 0 N–H and O–H groups in total. The van der Waals surface area contributed by atoms with E-state index in [0.717, 1.165) is 48.3 Å². The highest BCUT2D eigenvalue weighted by molar-refractivity contribution is 6.10. The van der Waals surface area contributed by atoms with Gasteiger partial charge in [-0.2, -0.15) is 5.26 Å². The van der Waals surface area contributed by atoms with Crippen molar-refractivity contribution in [3.8, 4) is 17.5 Å². The first-order valence-electron chi connectivity index (χ1n) is 9.05. The Labute approximate surface area is 158 Å². The lowest BCUT2D eigenvalue weighted by atomic mass is 9.85. The van der Waals surface area contributed by atoms with E-state index in [-0.39, 0.29) is 23.4 Å². The summed E-state index contributed by atoms with van der Waals surface area (Å²) in [7, 11) is 1.73. The van der Waals surface area contributed by atoms with Crippen LogP contribution in [0.3, 0.4) is 0 Å². The fraction of sp³-hybridized carbons (Fsp3) is 0.381. The van der Waals surface area contributed by atoms with Crippen molar-refractivity contribution in [2.45, 2.75) is 31.8 Å². The molecule has 138 valence electrons. The standard InChI is InChI=1S/C21H21N3O3/c1-21(26-2)5-8-24(9-6-21)19-16-11-15(20-23-7-10-27-20)4-3-14(16)12-18(25)17(19)13-22/h3-4,7,10-11H,5-6,8-9,12H2,1-2H3. The Bertz CT molecular complexity index is 946. The number of ether oxygens (including phenoxy) is 1. The van der Waals surface area contributed by atoms with E-state index >= 15 is 0 Å². The van der Waals surface area contributed by atoms with Crippen LogP contribution in [0.4, 0.5) is 0 Å². The van der Waals surface area contributed by atoms with Crippen molar-refractivity contribution in [3.63, 3.8) is 0 Å². The minimum Gasteiger partial charge on any atom is -0.445 e. The van der Waals surface area contributed by atoms with Crippen molar-refractivity contribution < 1.29 is 13.9 Å². The molecule has 0 radical (unpaired) electrons. The van der Waals surface area contributed by atoms with Crippen molar-refractivity contribution in [1.82, 2.24) is 9.88 Å². The number of piperidine rings is 1. The van der Waals surface area contributed by atoms with E-state index in [4.69, 9.17) is 9.15 Å². The number of methoxy groups -OCH3 is 1. The topological polar surface area (TPSA) is 79.4 Å². The molecule has 0 amide bonds. The van der Waals surface area contributed by atoms with Gasteiger partial charge in [-0.05, 0) is 37.5 Å². The van der Waals surface area contributed by atoms with Gasteiger partial charge in [-0.25, -0.2) is 4.98 Å². The summed E-state index contributed by atoms with van der Waals surface area (Å²) in [5.41, 5.74) is 3.50.